The number of piperidine rings is 1. The summed E-state index contributed by atoms with van der Waals surface area (Å²) in [7, 11) is 0. The summed E-state index contributed by atoms with van der Waals surface area (Å²) in [6.45, 7) is 4.62. The Balaban J connectivity index is 2.48. The highest BCUT2D eigenvalue weighted by molar-refractivity contribution is 5.74. The Hall–Kier alpha value is -0.980. The van der Waals surface area contributed by atoms with E-state index in [4.69, 9.17) is 0 Å². The molecule has 19 heavy (non-hydrogen) atoms. The predicted molar refractivity (Wildman–Crippen MR) is 66.9 cm³/mol. The zero-order valence-corrected chi connectivity index (χ0v) is 11.4. The SMILES string of the molecule is CC(C)N(CC1CCCNC1)C(=O)NCC(F)(F)F. The second-order valence-electron chi connectivity index (χ2n) is 5.23. The van der Waals surface area contributed by atoms with Crippen LogP contribution in [0.25, 0.3) is 0 Å². The molecule has 0 bridgehead atoms. The van der Waals surface area contributed by atoms with Crippen molar-refractivity contribution in [2.75, 3.05) is 26.2 Å². The molecule has 112 valence electrons. The third-order valence-electron chi connectivity index (χ3n) is 3.18. The Morgan fingerprint density at radius 2 is 2.16 bits per heavy atom. The summed E-state index contributed by atoms with van der Waals surface area (Å²) in [6, 6.07) is -0.756. The molecule has 1 fully saturated rings. The van der Waals surface area contributed by atoms with Gasteiger partial charge in [0.15, 0.2) is 0 Å². The first-order chi connectivity index (χ1) is 8.79. The number of rotatable bonds is 4. The Bertz CT molecular complexity index is 288. The topological polar surface area (TPSA) is 44.4 Å². The van der Waals surface area contributed by atoms with Gasteiger partial charge in [-0.2, -0.15) is 13.2 Å². The number of hydrogen-bond acceptors (Lipinski definition) is 2. The quantitative estimate of drug-likeness (QED) is 0.827. The zero-order valence-electron chi connectivity index (χ0n) is 11.4. The van der Waals surface area contributed by atoms with Crippen molar-refractivity contribution in [2.24, 2.45) is 5.92 Å². The van der Waals surface area contributed by atoms with Crippen molar-refractivity contribution in [3.8, 4) is 0 Å². The fraction of sp³-hybridized carbons (Fsp3) is 0.917. The molecule has 1 aliphatic heterocycles. The fourth-order valence-corrected chi connectivity index (χ4v) is 2.16. The largest absolute Gasteiger partial charge is 0.405 e. The molecular weight excluding hydrogens is 259 g/mol. The summed E-state index contributed by atoms with van der Waals surface area (Å²) in [5.74, 6) is 0.313. The Labute approximate surface area is 111 Å². The van der Waals surface area contributed by atoms with E-state index in [1.807, 2.05) is 19.2 Å². The van der Waals surface area contributed by atoms with Crippen LogP contribution in [0.1, 0.15) is 26.7 Å². The molecule has 0 spiro atoms. The summed E-state index contributed by atoms with van der Waals surface area (Å²) in [5, 5.41) is 5.17. The van der Waals surface area contributed by atoms with E-state index in [2.05, 4.69) is 5.32 Å². The van der Waals surface area contributed by atoms with Crippen LogP contribution in [0, 0.1) is 5.92 Å². The van der Waals surface area contributed by atoms with Crippen molar-refractivity contribution >= 4 is 6.03 Å². The van der Waals surface area contributed by atoms with E-state index in [-0.39, 0.29) is 6.04 Å². The number of hydrogen-bond donors (Lipinski definition) is 2. The van der Waals surface area contributed by atoms with Crippen LogP contribution in [0.3, 0.4) is 0 Å². The van der Waals surface area contributed by atoms with Gasteiger partial charge in [-0.3, -0.25) is 0 Å². The lowest BCUT2D eigenvalue weighted by Crippen LogP contribution is -2.50. The van der Waals surface area contributed by atoms with Gasteiger partial charge in [0.2, 0.25) is 0 Å². The Morgan fingerprint density at radius 3 is 2.63 bits per heavy atom. The Kier molecular flexibility index (Phi) is 5.90. The van der Waals surface area contributed by atoms with Crippen molar-refractivity contribution in [1.29, 1.82) is 0 Å². The molecule has 0 aliphatic carbocycles. The minimum atomic E-state index is -4.37. The van der Waals surface area contributed by atoms with Crippen LogP contribution in [0.2, 0.25) is 0 Å². The van der Waals surface area contributed by atoms with Gasteiger partial charge in [0.05, 0.1) is 0 Å². The van der Waals surface area contributed by atoms with Gasteiger partial charge in [-0.15, -0.1) is 0 Å². The molecule has 2 N–H and O–H groups in total. The highest BCUT2D eigenvalue weighted by Crippen LogP contribution is 2.15. The molecule has 0 aromatic carbocycles. The van der Waals surface area contributed by atoms with Crippen LogP contribution in [0.5, 0.6) is 0 Å². The van der Waals surface area contributed by atoms with Crippen molar-refractivity contribution in [3.63, 3.8) is 0 Å². The molecule has 1 rings (SSSR count). The van der Waals surface area contributed by atoms with E-state index in [1.54, 1.807) is 0 Å². The van der Waals surface area contributed by atoms with E-state index in [0.717, 1.165) is 25.9 Å². The number of urea groups is 1. The molecular formula is C12H22F3N3O. The number of nitrogens with one attached hydrogen (secondary N) is 2. The van der Waals surface area contributed by atoms with Crippen LogP contribution >= 0.6 is 0 Å². The van der Waals surface area contributed by atoms with E-state index in [0.29, 0.717) is 12.5 Å². The van der Waals surface area contributed by atoms with Gasteiger partial charge < -0.3 is 15.5 Å². The second kappa shape index (κ2) is 6.98. The van der Waals surface area contributed by atoms with Crippen LogP contribution in [-0.2, 0) is 0 Å². The van der Waals surface area contributed by atoms with Gasteiger partial charge >= 0.3 is 12.2 Å². The molecule has 2 amide bonds. The molecule has 1 saturated heterocycles. The summed E-state index contributed by atoms with van der Waals surface area (Å²) < 4.78 is 36.3. The molecule has 0 aromatic heterocycles. The minimum absolute atomic E-state index is 0.116. The maximum absolute atomic E-state index is 12.1. The summed E-state index contributed by atoms with van der Waals surface area (Å²) in [5.41, 5.74) is 0. The highest BCUT2D eigenvalue weighted by atomic mass is 19.4. The molecule has 0 saturated carbocycles. The maximum Gasteiger partial charge on any atom is 0.405 e. The third-order valence-corrected chi connectivity index (χ3v) is 3.18. The third kappa shape index (κ3) is 6.13. The monoisotopic (exact) mass is 281 g/mol. The second-order valence-corrected chi connectivity index (χ2v) is 5.23. The molecule has 1 heterocycles. The molecule has 1 unspecified atom stereocenters. The van der Waals surface area contributed by atoms with Crippen LogP contribution < -0.4 is 10.6 Å². The lowest BCUT2D eigenvalue weighted by Gasteiger charge is -2.33. The fourth-order valence-electron chi connectivity index (χ4n) is 2.16. The average molecular weight is 281 g/mol. The number of amides is 2. The van der Waals surface area contributed by atoms with Crippen molar-refractivity contribution in [1.82, 2.24) is 15.5 Å². The van der Waals surface area contributed by atoms with Gasteiger partial charge in [0.1, 0.15) is 6.54 Å². The first-order valence-electron chi connectivity index (χ1n) is 6.61. The van der Waals surface area contributed by atoms with Gasteiger partial charge in [-0.1, -0.05) is 0 Å². The van der Waals surface area contributed by atoms with Crippen molar-refractivity contribution in [3.05, 3.63) is 0 Å². The lowest BCUT2D eigenvalue weighted by molar-refractivity contribution is -0.123. The molecule has 7 heteroatoms. The smallest absolute Gasteiger partial charge is 0.329 e. The summed E-state index contributed by atoms with van der Waals surface area (Å²) in [4.78, 5) is 13.3. The van der Waals surface area contributed by atoms with E-state index < -0.39 is 18.8 Å². The summed E-state index contributed by atoms with van der Waals surface area (Å²) in [6.07, 6.45) is -2.33. The number of alkyl halides is 3. The van der Waals surface area contributed by atoms with E-state index in [9.17, 15) is 18.0 Å². The van der Waals surface area contributed by atoms with Crippen molar-refractivity contribution < 1.29 is 18.0 Å². The zero-order chi connectivity index (χ0) is 14.5. The highest BCUT2D eigenvalue weighted by Gasteiger charge is 2.30. The number of halogens is 3. The molecule has 0 aromatic rings. The average Bonchev–Trinajstić information content (AvgIpc) is 2.33. The first kappa shape index (κ1) is 16.1. The standard InChI is InChI=1S/C12H22F3N3O/c1-9(2)18(7-10-4-3-5-16-6-10)11(19)17-8-12(13,14)15/h9-10,16H,3-8H2,1-2H3,(H,17,19). The van der Waals surface area contributed by atoms with Crippen LogP contribution in [-0.4, -0.2) is 49.3 Å². The van der Waals surface area contributed by atoms with Crippen LogP contribution in [0.4, 0.5) is 18.0 Å². The molecule has 4 nitrogen and oxygen atoms in total. The van der Waals surface area contributed by atoms with Gasteiger partial charge in [-0.25, -0.2) is 4.79 Å². The number of carbonyl (C=O) groups excluding carboxylic acids is 1. The number of carbonyl (C=O) groups is 1. The normalized spacial score (nSPS) is 20.4. The lowest BCUT2D eigenvalue weighted by atomic mass is 9.99. The van der Waals surface area contributed by atoms with Gasteiger partial charge in [0.25, 0.3) is 0 Å². The molecule has 1 atom stereocenters. The molecule has 1 aliphatic rings. The van der Waals surface area contributed by atoms with Gasteiger partial charge in [-0.05, 0) is 45.7 Å². The van der Waals surface area contributed by atoms with Crippen molar-refractivity contribution in [2.45, 2.75) is 38.9 Å². The Morgan fingerprint density at radius 1 is 1.47 bits per heavy atom. The summed E-state index contributed by atoms with van der Waals surface area (Å²) >= 11 is 0. The minimum Gasteiger partial charge on any atom is -0.329 e. The van der Waals surface area contributed by atoms with Crippen LogP contribution in [0.15, 0.2) is 0 Å². The number of nitrogens with zero attached hydrogens (tertiary/aromatic N) is 1. The maximum atomic E-state index is 12.1. The van der Waals surface area contributed by atoms with E-state index in [1.165, 1.54) is 4.90 Å². The predicted octanol–water partition coefficient (Wildman–Crippen LogP) is 1.97. The van der Waals surface area contributed by atoms with E-state index >= 15 is 0 Å². The molecule has 0 radical (unpaired) electrons. The first-order valence-corrected chi connectivity index (χ1v) is 6.61. The van der Waals surface area contributed by atoms with Gasteiger partial charge in [0, 0.05) is 12.6 Å².